The van der Waals surface area contributed by atoms with Gasteiger partial charge in [0.2, 0.25) is 0 Å². The van der Waals surface area contributed by atoms with E-state index in [0.717, 1.165) is 70.8 Å². The van der Waals surface area contributed by atoms with Crippen molar-refractivity contribution in [2.45, 2.75) is 39.0 Å². The maximum atomic E-state index is 5.38. The molecule has 1 aliphatic heterocycles. The molecule has 5 nitrogen and oxygen atoms in total. The lowest BCUT2D eigenvalue weighted by molar-refractivity contribution is 0.0376. The van der Waals surface area contributed by atoms with E-state index in [4.69, 9.17) is 9.73 Å². The summed E-state index contributed by atoms with van der Waals surface area (Å²) in [6.07, 6.45) is 6.85. The van der Waals surface area contributed by atoms with Gasteiger partial charge in [-0.3, -0.25) is 9.89 Å². The zero-order valence-electron chi connectivity index (χ0n) is 14.5. The van der Waals surface area contributed by atoms with Gasteiger partial charge in [-0.05, 0) is 56.9 Å². The minimum Gasteiger partial charge on any atom is -0.379 e. The zero-order valence-corrected chi connectivity index (χ0v) is 16.8. The van der Waals surface area contributed by atoms with Crippen molar-refractivity contribution in [2.75, 3.05) is 52.5 Å². The van der Waals surface area contributed by atoms with Crippen LogP contribution in [0.3, 0.4) is 0 Å². The molecule has 0 spiro atoms. The van der Waals surface area contributed by atoms with Gasteiger partial charge in [-0.25, -0.2) is 0 Å². The van der Waals surface area contributed by atoms with Crippen molar-refractivity contribution >= 4 is 29.9 Å². The molecule has 0 aromatic rings. The van der Waals surface area contributed by atoms with Gasteiger partial charge in [-0.2, -0.15) is 0 Å². The number of ether oxygens (including phenoxy) is 1. The number of hydrogen-bond acceptors (Lipinski definition) is 3. The Bertz CT molecular complexity index is 377. The van der Waals surface area contributed by atoms with Gasteiger partial charge < -0.3 is 15.4 Å². The lowest BCUT2D eigenvalue weighted by atomic mass is 10.0. The van der Waals surface area contributed by atoms with Crippen LogP contribution in [0.5, 0.6) is 0 Å². The summed E-state index contributed by atoms with van der Waals surface area (Å²) in [5.41, 5.74) is 0.593. The highest BCUT2D eigenvalue weighted by Crippen LogP contribution is 2.61. The molecule has 0 amide bonds. The van der Waals surface area contributed by atoms with Crippen LogP contribution in [0.1, 0.15) is 39.0 Å². The van der Waals surface area contributed by atoms with Crippen LogP contribution in [0.2, 0.25) is 0 Å². The molecule has 0 atom stereocenters. The molecule has 2 N–H and O–H groups in total. The minimum absolute atomic E-state index is 0. The van der Waals surface area contributed by atoms with E-state index in [-0.39, 0.29) is 24.0 Å². The number of halogens is 1. The second-order valence-corrected chi connectivity index (χ2v) is 7.07. The Hall–Kier alpha value is -0.0800. The predicted octanol–water partition coefficient (Wildman–Crippen LogP) is 2.07. The summed E-state index contributed by atoms with van der Waals surface area (Å²) in [5, 5.41) is 6.89. The average Bonchev–Trinajstić information content (AvgIpc) is 3.43. The first-order chi connectivity index (χ1) is 10.8. The molecule has 2 saturated carbocycles. The third kappa shape index (κ3) is 6.05. The van der Waals surface area contributed by atoms with Gasteiger partial charge >= 0.3 is 0 Å². The topological polar surface area (TPSA) is 48.9 Å². The quantitative estimate of drug-likeness (QED) is 0.265. The monoisotopic (exact) mass is 436 g/mol. The highest BCUT2D eigenvalue weighted by Gasteiger charge is 2.53. The van der Waals surface area contributed by atoms with Gasteiger partial charge in [-0.1, -0.05) is 0 Å². The Labute approximate surface area is 158 Å². The summed E-state index contributed by atoms with van der Waals surface area (Å²) >= 11 is 0. The van der Waals surface area contributed by atoms with Crippen molar-refractivity contribution in [2.24, 2.45) is 16.3 Å². The number of hydrogen-bond donors (Lipinski definition) is 2. The van der Waals surface area contributed by atoms with E-state index < -0.39 is 0 Å². The van der Waals surface area contributed by atoms with Crippen LogP contribution in [-0.2, 0) is 4.74 Å². The molecule has 6 heteroatoms. The maximum Gasteiger partial charge on any atom is 0.191 e. The molecular formula is C17H33IN4O. The molecule has 134 valence electrons. The first-order valence-corrected chi connectivity index (χ1v) is 9.15. The fourth-order valence-corrected chi connectivity index (χ4v) is 3.46. The maximum absolute atomic E-state index is 5.38. The summed E-state index contributed by atoms with van der Waals surface area (Å²) < 4.78 is 5.38. The van der Waals surface area contributed by atoms with Crippen LogP contribution >= 0.6 is 24.0 Å². The van der Waals surface area contributed by atoms with Crippen molar-refractivity contribution in [3.05, 3.63) is 0 Å². The van der Waals surface area contributed by atoms with E-state index >= 15 is 0 Å². The van der Waals surface area contributed by atoms with Crippen LogP contribution < -0.4 is 10.6 Å². The third-order valence-corrected chi connectivity index (χ3v) is 5.28. The Morgan fingerprint density at radius 3 is 2.57 bits per heavy atom. The fraction of sp³-hybridized carbons (Fsp3) is 0.941. The Kier molecular flexibility index (Phi) is 7.88. The van der Waals surface area contributed by atoms with Crippen molar-refractivity contribution in [1.82, 2.24) is 15.5 Å². The van der Waals surface area contributed by atoms with E-state index in [1.165, 1.54) is 25.7 Å². The van der Waals surface area contributed by atoms with Gasteiger partial charge in [-0.15, -0.1) is 24.0 Å². The standard InChI is InChI=1S/C17H32N4O.HI/c1-2-18-16(20-14-17(6-7-17)15-4-5-15)19-8-3-9-21-10-12-22-13-11-21;/h15H,2-14H2,1H3,(H2,18,19,20);1H. The molecule has 3 aliphatic rings. The number of nitrogens with zero attached hydrogens (tertiary/aromatic N) is 2. The number of nitrogens with one attached hydrogen (secondary N) is 2. The van der Waals surface area contributed by atoms with Crippen molar-refractivity contribution in [3.63, 3.8) is 0 Å². The van der Waals surface area contributed by atoms with E-state index in [1.54, 1.807) is 0 Å². The van der Waals surface area contributed by atoms with Gasteiger partial charge in [0.1, 0.15) is 0 Å². The van der Waals surface area contributed by atoms with Crippen LogP contribution in [0, 0.1) is 11.3 Å². The molecule has 1 heterocycles. The summed E-state index contributed by atoms with van der Waals surface area (Å²) in [6, 6.07) is 0. The minimum atomic E-state index is 0. The van der Waals surface area contributed by atoms with E-state index in [1.807, 2.05) is 0 Å². The predicted molar refractivity (Wildman–Crippen MR) is 106 cm³/mol. The summed E-state index contributed by atoms with van der Waals surface area (Å²) in [6.45, 7) is 10.2. The average molecular weight is 436 g/mol. The third-order valence-electron chi connectivity index (χ3n) is 5.28. The Morgan fingerprint density at radius 1 is 1.22 bits per heavy atom. The zero-order chi connectivity index (χ0) is 15.3. The first kappa shape index (κ1) is 19.2. The number of guanidine groups is 1. The van der Waals surface area contributed by atoms with Crippen LogP contribution in [0.15, 0.2) is 4.99 Å². The highest BCUT2D eigenvalue weighted by atomic mass is 127. The Morgan fingerprint density at radius 2 is 1.96 bits per heavy atom. The number of morpholine rings is 1. The second-order valence-electron chi connectivity index (χ2n) is 7.07. The first-order valence-electron chi connectivity index (χ1n) is 9.15. The van der Waals surface area contributed by atoms with Crippen LogP contribution in [0.25, 0.3) is 0 Å². The highest BCUT2D eigenvalue weighted by molar-refractivity contribution is 14.0. The second kappa shape index (κ2) is 9.42. The van der Waals surface area contributed by atoms with Crippen LogP contribution in [0.4, 0.5) is 0 Å². The number of aliphatic imine (C=N–C) groups is 1. The molecule has 0 aromatic heterocycles. The molecule has 0 aromatic carbocycles. The molecule has 3 rings (SSSR count). The van der Waals surface area contributed by atoms with E-state index in [2.05, 4.69) is 22.5 Å². The fourth-order valence-electron chi connectivity index (χ4n) is 3.46. The smallest absolute Gasteiger partial charge is 0.191 e. The Balaban J connectivity index is 0.00000192. The van der Waals surface area contributed by atoms with Gasteiger partial charge in [0, 0.05) is 32.7 Å². The number of rotatable bonds is 8. The SMILES string of the molecule is CCNC(=NCC1(C2CC2)CC1)NCCCN1CCOCC1.I. The molecule has 2 aliphatic carbocycles. The summed E-state index contributed by atoms with van der Waals surface area (Å²) in [4.78, 5) is 7.34. The molecule has 1 saturated heterocycles. The van der Waals surface area contributed by atoms with Crippen LogP contribution in [-0.4, -0.2) is 63.3 Å². The van der Waals surface area contributed by atoms with Gasteiger partial charge in [0.25, 0.3) is 0 Å². The molecular weight excluding hydrogens is 403 g/mol. The van der Waals surface area contributed by atoms with E-state index in [0.29, 0.717) is 5.41 Å². The largest absolute Gasteiger partial charge is 0.379 e. The molecule has 0 radical (unpaired) electrons. The molecule has 3 fully saturated rings. The van der Waals surface area contributed by atoms with Gasteiger partial charge in [0.05, 0.1) is 13.2 Å². The molecule has 23 heavy (non-hydrogen) atoms. The summed E-state index contributed by atoms with van der Waals surface area (Å²) in [7, 11) is 0. The lowest BCUT2D eigenvalue weighted by Gasteiger charge is -2.26. The van der Waals surface area contributed by atoms with Gasteiger partial charge in [0.15, 0.2) is 5.96 Å². The molecule has 0 bridgehead atoms. The van der Waals surface area contributed by atoms with E-state index in [9.17, 15) is 0 Å². The van der Waals surface area contributed by atoms with Crippen molar-refractivity contribution in [3.8, 4) is 0 Å². The lowest BCUT2D eigenvalue weighted by Crippen LogP contribution is -2.41. The summed E-state index contributed by atoms with van der Waals surface area (Å²) in [5.74, 6) is 2.00. The van der Waals surface area contributed by atoms with Crippen molar-refractivity contribution < 1.29 is 4.74 Å². The normalized spacial score (nSPS) is 24.0. The van der Waals surface area contributed by atoms with Crippen molar-refractivity contribution in [1.29, 1.82) is 0 Å². The molecule has 0 unspecified atom stereocenters.